The van der Waals surface area contributed by atoms with Gasteiger partial charge in [0.2, 0.25) is 10.0 Å². The molecule has 0 saturated heterocycles. The molecule has 0 radical (unpaired) electrons. The van der Waals surface area contributed by atoms with Crippen LogP contribution < -0.4 is 9.46 Å². The van der Waals surface area contributed by atoms with Gasteiger partial charge in [-0.15, -0.1) is 0 Å². The Morgan fingerprint density at radius 3 is 2.17 bits per heavy atom. The standard InChI is InChI=1S/C17H18ClF3N2O5S2/c1-4-23(5-2)30(26,27)10-6-7-14(28-3)13(8-10)22-29(24,25)17-12(20)9-11(19)15(18)16(17)21/h6-9,22H,4-5H2,1-3H3. The van der Waals surface area contributed by atoms with Crippen molar-refractivity contribution < 1.29 is 34.7 Å². The van der Waals surface area contributed by atoms with E-state index in [0.29, 0.717) is 0 Å². The largest absolute Gasteiger partial charge is 0.495 e. The van der Waals surface area contributed by atoms with Crippen LogP contribution in [0.3, 0.4) is 0 Å². The molecule has 0 aliphatic rings. The summed E-state index contributed by atoms with van der Waals surface area (Å²) in [7, 11) is -7.77. The van der Waals surface area contributed by atoms with Crippen LogP contribution in [-0.2, 0) is 20.0 Å². The SMILES string of the molecule is CCN(CC)S(=O)(=O)c1ccc(OC)c(NS(=O)(=O)c2c(F)cc(F)c(Cl)c2F)c1. The van der Waals surface area contributed by atoms with E-state index in [2.05, 4.69) is 0 Å². The van der Waals surface area contributed by atoms with Crippen molar-refractivity contribution in [3.05, 3.63) is 46.7 Å². The summed E-state index contributed by atoms with van der Waals surface area (Å²) < 4.78 is 100. The fourth-order valence-corrected chi connectivity index (χ4v) is 5.53. The van der Waals surface area contributed by atoms with Gasteiger partial charge in [-0.3, -0.25) is 4.72 Å². The van der Waals surface area contributed by atoms with Crippen molar-refractivity contribution >= 4 is 37.3 Å². The summed E-state index contributed by atoms with van der Waals surface area (Å²) in [6, 6.07) is 3.45. The third-order valence-corrected chi connectivity index (χ3v) is 7.89. The number of benzene rings is 2. The van der Waals surface area contributed by atoms with Crippen molar-refractivity contribution in [1.82, 2.24) is 4.31 Å². The lowest BCUT2D eigenvalue weighted by atomic mass is 10.3. The van der Waals surface area contributed by atoms with Crippen molar-refractivity contribution in [3.8, 4) is 5.75 Å². The molecule has 0 amide bonds. The number of sulfonamides is 2. The van der Waals surface area contributed by atoms with E-state index < -0.39 is 53.1 Å². The van der Waals surface area contributed by atoms with Gasteiger partial charge < -0.3 is 4.74 Å². The van der Waals surface area contributed by atoms with Gasteiger partial charge in [0.15, 0.2) is 10.7 Å². The van der Waals surface area contributed by atoms with Crippen molar-refractivity contribution in [2.75, 3.05) is 24.9 Å². The van der Waals surface area contributed by atoms with Crippen molar-refractivity contribution in [3.63, 3.8) is 0 Å². The Kier molecular flexibility index (Phi) is 7.28. The first-order valence-electron chi connectivity index (χ1n) is 8.44. The monoisotopic (exact) mass is 486 g/mol. The topological polar surface area (TPSA) is 92.8 Å². The van der Waals surface area contributed by atoms with Crippen LogP contribution in [-0.4, -0.2) is 41.3 Å². The Morgan fingerprint density at radius 2 is 1.63 bits per heavy atom. The third-order valence-electron chi connectivity index (χ3n) is 4.10. The Balaban J connectivity index is 2.62. The maximum Gasteiger partial charge on any atom is 0.267 e. The molecule has 0 aliphatic heterocycles. The smallest absolute Gasteiger partial charge is 0.267 e. The molecule has 13 heteroatoms. The molecule has 0 fully saturated rings. The van der Waals surface area contributed by atoms with Gasteiger partial charge in [-0.05, 0) is 18.2 Å². The summed E-state index contributed by atoms with van der Waals surface area (Å²) in [5, 5.41) is -1.21. The number of ether oxygens (including phenoxy) is 1. The maximum atomic E-state index is 14.2. The molecule has 0 unspecified atom stereocenters. The van der Waals surface area contributed by atoms with E-state index in [4.69, 9.17) is 16.3 Å². The Labute approximate surface area is 177 Å². The second-order valence-electron chi connectivity index (χ2n) is 5.85. The Morgan fingerprint density at radius 1 is 1.03 bits per heavy atom. The van der Waals surface area contributed by atoms with Crippen LogP contribution in [0.15, 0.2) is 34.1 Å². The first-order chi connectivity index (χ1) is 13.9. The number of nitrogens with zero attached hydrogens (tertiary/aromatic N) is 1. The summed E-state index contributed by atoms with van der Waals surface area (Å²) in [5.74, 6) is -5.14. The zero-order valence-corrected chi connectivity index (χ0v) is 18.4. The van der Waals surface area contributed by atoms with E-state index in [9.17, 15) is 30.0 Å². The zero-order chi connectivity index (χ0) is 22.9. The van der Waals surface area contributed by atoms with E-state index in [1.54, 1.807) is 13.8 Å². The molecule has 2 aromatic rings. The minimum Gasteiger partial charge on any atom is -0.495 e. The summed E-state index contributed by atoms with van der Waals surface area (Å²) in [5.41, 5.74) is -0.398. The number of halogens is 4. The van der Waals surface area contributed by atoms with Crippen LogP contribution in [0.5, 0.6) is 5.75 Å². The minimum absolute atomic E-state index is 0.119. The molecule has 0 atom stereocenters. The molecule has 30 heavy (non-hydrogen) atoms. The van der Waals surface area contributed by atoms with E-state index in [-0.39, 0.29) is 29.8 Å². The quantitative estimate of drug-likeness (QED) is 0.454. The summed E-state index contributed by atoms with van der Waals surface area (Å²) in [6.07, 6.45) is 0. The van der Waals surface area contributed by atoms with Crippen LogP contribution in [0.4, 0.5) is 18.9 Å². The van der Waals surface area contributed by atoms with Gasteiger partial charge in [0.25, 0.3) is 10.0 Å². The van der Waals surface area contributed by atoms with E-state index in [1.165, 1.54) is 19.2 Å². The lowest BCUT2D eigenvalue weighted by Gasteiger charge is -2.20. The van der Waals surface area contributed by atoms with E-state index >= 15 is 0 Å². The molecular weight excluding hydrogens is 469 g/mol. The van der Waals surface area contributed by atoms with E-state index in [1.807, 2.05) is 4.72 Å². The molecule has 0 saturated carbocycles. The summed E-state index contributed by atoms with van der Waals surface area (Å²) >= 11 is 5.36. The third kappa shape index (κ3) is 4.51. The van der Waals surface area contributed by atoms with Gasteiger partial charge in [0.05, 0.1) is 17.7 Å². The molecule has 0 aromatic heterocycles. The first-order valence-corrected chi connectivity index (χ1v) is 11.7. The van der Waals surface area contributed by atoms with Crippen molar-refractivity contribution in [2.45, 2.75) is 23.6 Å². The molecule has 0 spiro atoms. The van der Waals surface area contributed by atoms with Gasteiger partial charge in [0.1, 0.15) is 22.4 Å². The maximum absolute atomic E-state index is 14.2. The molecule has 0 aliphatic carbocycles. The Hall–Kier alpha value is -2.02. The highest BCUT2D eigenvalue weighted by molar-refractivity contribution is 7.92. The fraction of sp³-hybridized carbons (Fsp3) is 0.294. The lowest BCUT2D eigenvalue weighted by Crippen LogP contribution is -2.30. The minimum atomic E-state index is -4.98. The fourth-order valence-electron chi connectivity index (χ4n) is 2.63. The molecule has 2 rings (SSSR count). The van der Waals surface area contributed by atoms with Crippen LogP contribution >= 0.6 is 11.6 Å². The summed E-state index contributed by atoms with van der Waals surface area (Å²) in [4.78, 5) is -1.80. The molecule has 166 valence electrons. The van der Waals surface area contributed by atoms with Gasteiger partial charge in [-0.2, -0.15) is 4.31 Å². The molecule has 0 bridgehead atoms. The van der Waals surface area contributed by atoms with Crippen molar-refractivity contribution in [1.29, 1.82) is 0 Å². The molecule has 7 nitrogen and oxygen atoms in total. The number of methoxy groups -OCH3 is 1. The molecular formula is C17H18ClF3N2O5S2. The summed E-state index contributed by atoms with van der Waals surface area (Å²) in [6.45, 7) is 3.57. The van der Waals surface area contributed by atoms with Crippen LogP contribution in [0.1, 0.15) is 13.8 Å². The normalized spacial score (nSPS) is 12.3. The molecule has 0 heterocycles. The van der Waals surface area contributed by atoms with Gasteiger partial charge >= 0.3 is 0 Å². The van der Waals surface area contributed by atoms with Crippen molar-refractivity contribution in [2.24, 2.45) is 0 Å². The lowest BCUT2D eigenvalue weighted by molar-refractivity contribution is 0.416. The van der Waals surface area contributed by atoms with Gasteiger partial charge in [-0.25, -0.2) is 30.0 Å². The average Bonchev–Trinajstić information content (AvgIpc) is 2.66. The van der Waals surface area contributed by atoms with Gasteiger partial charge in [0, 0.05) is 19.2 Å². The Bertz CT molecular complexity index is 1170. The van der Waals surface area contributed by atoms with Crippen LogP contribution in [0, 0.1) is 17.5 Å². The highest BCUT2D eigenvalue weighted by Crippen LogP contribution is 2.33. The first kappa shape index (κ1) is 24.3. The number of nitrogens with one attached hydrogen (secondary N) is 1. The number of rotatable bonds is 8. The molecule has 2 aromatic carbocycles. The average molecular weight is 487 g/mol. The van der Waals surface area contributed by atoms with Crippen LogP contribution in [0.2, 0.25) is 5.02 Å². The number of hydrogen-bond donors (Lipinski definition) is 1. The van der Waals surface area contributed by atoms with Crippen LogP contribution in [0.25, 0.3) is 0 Å². The van der Waals surface area contributed by atoms with Gasteiger partial charge in [-0.1, -0.05) is 25.4 Å². The molecule has 1 N–H and O–H groups in total. The highest BCUT2D eigenvalue weighted by Gasteiger charge is 2.30. The second-order valence-corrected chi connectivity index (χ2v) is 9.79. The van der Waals surface area contributed by atoms with E-state index in [0.717, 1.165) is 10.4 Å². The number of hydrogen-bond acceptors (Lipinski definition) is 5. The predicted molar refractivity (Wildman–Crippen MR) is 105 cm³/mol. The predicted octanol–water partition coefficient (Wildman–Crippen LogP) is 3.60. The zero-order valence-electron chi connectivity index (χ0n) is 16.0. The second kappa shape index (κ2) is 9.00. The number of anilines is 1. The highest BCUT2D eigenvalue weighted by atomic mass is 35.5.